The number of benzene rings is 2. The van der Waals surface area contributed by atoms with E-state index in [0.29, 0.717) is 17.2 Å². The summed E-state index contributed by atoms with van der Waals surface area (Å²) in [7, 11) is 1.52. The highest BCUT2D eigenvalue weighted by Crippen LogP contribution is 2.26. The minimum absolute atomic E-state index is 0.265. The van der Waals surface area contributed by atoms with E-state index in [1.807, 2.05) is 51.1 Å². The van der Waals surface area contributed by atoms with E-state index >= 15 is 0 Å². The van der Waals surface area contributed by atoms with Gasteiger partial charge in [0.25, 0.3) is 5.91 Å². The Morgan fingerprint density at radius 1 is 1.04 bits per heavy atom. The minimum Gasteiger partial charge on any atom is -0.495 e. The third-order valence-corrected chi connectivity index (χ3v) is 4.18. The van der Waals surface area contributed by atoms with E-state index in [0.717, 1.165) is 11.1 Å². The third kappa shape index (κ3) is 5.74. The average molecular weight is 385 g/mol. The molecule has 150 valence electrons. The molecule has 1 N–H and O–H groups in total. The first-order chi connectivity index (χ1) is 13.3. The third-order valence-electron chi connectivity index (χ3n) is 4.18. The Hall–Kier alpha value is -3.02. The number of carbonyl (C=O) groups is 2. The number of carbonyl (C=O) groups excluding carboxylic acids is 2. The number of methoxy groups -OCH3 is 1. The molecule has 0 fully saturated rings. The number of anilines is 1. The van der Waals surface area contributed by atoms with Crippen molar-refractivity contribution in [2.75, 3.05) is 19.0 Å². The molecule has 1 atom stereocenters. The van der Waals surface area contributed by atoms with Gasteiger partial charge in [0.1, 0.15) is 11.5 Å². The zero-order chi connectivity index (χ0) is 20.7. The fourth-order valence-electron chi connectivity index (χ4n) is 2.66. The highest BCUT2D eigenvalue weighted by molar-refractivity contribution is 5.96. The van der Waals surface area contributed by atoms with Crippen molar-refractivity contribution in [3.63, 3.8) is 0 Å². The van der Waals surface area contributed by atoms with Crippen molar-refractivity contribution in [1.29, 1.82) is 0 Å². The fraction of sp³-hybridized carbons (Fsp3) is 0.364. The first kappa shape index (κ1) is 21.3. The maximum atomic E-state index is 12.4. The van der Waals surface area contributed by atoms with Crippen molar-refractivity contribution in [3.05, 3.63) is 53.6 Å². The van der Waals surface area contributed by atoms with Crippen LogP contribution in [0.1, 0.15) is 37.8 Å². The van der Waals surface area contributed by atoms with Gasteiger partial charge in [0.15, 0.2) is 12.7 Å². The molecule has 1 amide bonds. The van der Waals surface area contributed by atoms with Crippen LogP contribution >= 0.6 is 0 Å². The highest BCUT2D eigenvalue weighted by atomic mass is 16.6. The summed E-state index contributed by atoms with van der Waals surface area (Å²) in [6.07, 6.45) is -0.971. The Bertz CT molecular complexity index is 831. The summed E-state index contributed by atoms with van der Waals surface area (Å²) in [6, 6.07) is 13.0. The van der Waals surface area contributed by atoms with Gasteiger partial charge in [-0.2, -0.15) is 0 Å². The first-order valence-electron chi connectivity index (χ1n) is 9.18. The SMILES string of the molecule is COc1ccc(C)cc1NC(=O)[C@H](C)OC(=O)COc1ccccc1C(C)C. The number of esters is 1. The molecule has 0 spiro atoms. The van der Waals surface area contributed by atoms with Crippen molar-refractivity contribution in [1.82, 2.24) is 0 Å². The Morgan fingerprint density at radius 3 is 2.43 bits per heavy atom. The summed E-state index contributed by atoms with van der Waals surface area (Å²) in [6.45, 7) is 7.25. The average Bonchev–Trinajstić information content (AvgIpc) is 2.66. The number of hydrogen-bond acceptors (Lipinski definition) is 5. The van der Waals surface area contributed by atoms with Gasteiger partial charge in [0.2, 0.25) is 0 Å². The van der Waals surface area contributed by atoms with Crippen LogP contribution in [0.25, 0.3) is 0 Å². The van der Waals surface area contributed by atoms with Gasteiger partial charge in [-0.15, -0.1) is 0 Å². The van der Waals surface area contributed by atoms with Gasteiger partial charge in [-0.1, -0.05) is 38.1 Å². The lowest BCUT2D eigenvalue weighted by molar-refractivity contribution is -0.155. The summed E-state index contributed by atoms with van der Waals surface area (Å²) >= 11 is 0. The minimum atomic E-state index is -0.971. The fourth-order valence-corrected chi connectivity index (χ4v) is 2.66. The van der Waals surface area contributed by atoms with Crippen LogP contribution in [0.15, 0.2) is 42.5 Å². The lowest BCUT2D eigenvalue weighted by Gasteiger charge is -2.17. The molecule has 0 aliphatic carbocycles. The van der Waals surface area contributed by atoms with Gasteiger partial charge < -0.3 is 19.5 Å². The first-order valence-corrected chi connectivity index (χ1v) is 9.18. The molecule has 0 aromatic heterocycles. The van der Waals surface area contributed by atoms with Gasteiger partial charge in [0.05, 0.1) is 12.8 Å². The Morgan fingerprint density at radius 2 is 1.75 bits per heavy atom. The molecule has 0 heterocycles. The van der Waals surface area contributed by atoms with E-state index in [4.69, 9.17) is 14.2 Å². The quantitative estimate of drug-likeness (QED) is 0.693. The molecular weight excluding hydrogens is 358 g/mol. The Balaban J connectivity index is 1.92. The van der Waals surface area contributed by atoms with Crippen molar-refractivity contribution in [3.8, 4) is 11.5 Å². The van der Waals surface area contributed by atoms with Crippen LogP contribution < -0.4 is 14.8 Å². The second kappa shape index (κ2) is 9.78. The van der Waals surface area contributed by atoms with Crippen LogP contribution in [0.3, 0.4) is 0 Å². The topological polar surface area (TPSA) is 73.9 Å². The molecule has 0 saturated heterocycles. The summed E-state index contributed by atoms with van der Waals surface area (Å²) < 4.78 is 16.0. The van der Waals surface area contributed by atoms with Crippen LogP contribution in [0.5, 0.6) is 11.5 Å². The molecule has 2 rings (SSSR count). The monoisotopic (exact) mass is 385 g/mol. The summed E-state index contributed by atoms with van der Waals surface area (Å²) in [5.74, 6) is 0.376. The number of rotatable bonds is 8. The second-order valence-corrected chi connectivity index (χ2v) is 6.81. The predicted molar refractivity (Wildman–Crippen MR) is 108 cm³/mol. The standard InChI is InChI=1S/C22H27NO5/c1-14(2)17-8-6-7-9-19(17)27-13-21(24)28-16(4)22(25)23-18-12-15(3)10-11-20(18)26-5/h6-12,14,16H,13H2,1-5H3,(H,23,25)/t16-/m0/s1. The smallest absolute Gasteiger partial charge is 0.344 e. The van der Waals surface area contributed by atoms with Gasteiger partial charge in [0, 0.05) is 0 Å². The van der Waals surface area contributed by atoms with Gasteiger partial charge in [-0.3, -0.25) is 4.79 Å². The highest BCUT2D eigenvalue weighted by Gasteiger charge is 2.20. The molecule has 0 aliphatic rings. The van der Waals surface area contributed by atoms with Crippen LogP contribution in [-0.2, 0) is 14.3 Å². The second-order valence-electron chi connectivity index (χ2n) is 6.81. The molecule has 2 aromatic carbocycles. The summed E-state index contributed by atoms with van der Waals surface area (Å²) in [5.41, 5.74) is 2.50. The summed E-state index contributed by atoms with van der Waals surface area (Å²) in [5, 5.41) is 2.72. The van der Waals surface area contributed by atoms with E-state index in [1.165, 1.54) is 14.0 Å². The molecule has 28 heavy (non-hydrogen) atoms. The zero-order valence-corrected chi connectivity index (χ0v) is 16.9. The Labute approximate surface area is 165 Å². The van der Waals surface area contributed by atoms with E-state index in [9.17, 15) is 9.59 Å². The van der Waals surface area contributed by atoms with Crippen molar-refractivity contribution < 1.29 is 23.8 Å². The molecule has 0 aliphatic heterocycles. The number of hydrogen-bond donors (Lipinski definition) is 1. The van der Waals surface area contributed by atoms with E-state index in [2.05, 4.69) is 5.32 Å². The van der Waals surface area contributed by atoms with E-state index in [1.54, 1.807) is 12.1 Å². The molecule has 0 saturated carbocycles. The lowest BCUT2D eigenvalue weighted by atomic mass is 10.0. The zero-order valence-electron chi connectivity index (χ0n) is 16.9. The number of aryl methyl sites for hydroxylation is 1. The molecule has 0 radical (unpaired) electrons. The molecular formula is C22H27NO5. The van der Waals surface area contributed by atoms with Gasteiger partial charge in [-0.25, -0.2) is 4.79 Å². The molecule has 6 heteroatoms. The van der Waals surface area contributed by atoms with Crippen molar-refractivity contribution >= 4 is 17.6 Å². The number of para-hydroxylation sites is 1. The van der Waals surface area contributed by atoms with E-state index < -0.39 is 18.0 Å². The van der Waals surface area contributed by atoms with Crippen molar-refractivity contribution in [2.24, 2.45) is 0 Å². The van der Waals surface area contributed by atoms with Crippen molar-refractivity contribution in [2.45, 2.75) is 39.7 Å². The predicted octanol–water partition coefficient (Wildman–Crippen LogP) is 4.08. The van der Waals surface area contributed by atoms with Crippen LogP contribution in [-0.4, -0.2) is 31.7 Å². The summed E-state index contributed by atoms with van der Waals surface area (Å²) in [4.78, 5) is 24.5. The van der Waals surface area contributed by atoms with E-state index in [-0.39, 0.29) is 12.5 Å². The molecule has 2 aromatic rings. The normalized spacial score (nSPS) is 11.6. The molecule has 0 bridgehead atoms. The maximum Gasteiger partial charge on any atom is 0.344 e. The van der Waals surface area contributed by atoms with Gasteiger partial charge >= 0.3 is 5.97 Å². The van der Waals surface area contributed by atoms with Crippen LogP contribution in [0, 0.1) is 6.92 Å². The molecule has 6 nitrogen and oxygen atoms in total. The number of ether oxygens (including phenoxy) is 3. The van der Waals surface area contributed by atoms with Gasteiger partial charge in [-0.05, 0) is 49.1 Å². The van der Waals surface area contributed by atoms with Crippen LogP contribution in [0.4, 0.5) is 5.69 Å². The number of nitrogens with one attached hydrogen (secondary N) is 1. The number of amides is 1. The Kier molecular flexibility index (Phi) is 7.44. The molecule has 0 unspecified atom stereocenters. The lowest BCUT2D eigenvalue weighted by Crippen LogP contribution is -2.31. The maximum absolute atomic E-state index is 12.4. The van der Waals surface area contributed by atoms with Crippen LogP contribution in [0.2, 0.25) is 0 Å². The largest absolute Gasteiger partial charge is 0.495 e.